The van der Waals surface area contributed by atoms with Gasteiger partial charge in [-0.15, -0.1) is 0 Å². The van der Waals surface area contributed by atoms with Crippen LogP contribution >= 0.6 is 0 Å². The number of hydrogen-bond donors (Lipinski definition) is 2. The molecular formula is C13H23N3O2S. The second-order valence-corrected chi connectivity index (χ2v) is 7.12. The number of nitrogen functional groups attached to an aromatic ring is 1. The Hall–Kier alpha value is -1.27. The summed E-state index contributed by atoms with van der Waals surface area (Å²) in [4.78, 5) is 0. The van der Waals surface area contributed by atoms with Gasteiger partial charge in [-0.1, -0.05) is 13.0 Å². The van der Waals surface area contributed by atoms with E-state index < -0.39 is 15.7 Å². The van der Waals surface area contributed by atoms with E-state index in [1.165, 1.54) is 4.31 Å². The summed E-state index contributed by atoms with van der Waals surface area (Å²) < 4.78 is 28.9. The molecule has 19 heavy (non-hydrogen) atoms. The summed E-state index contributed by atoms with van der Waals surface area (Å²) in [7, 11) is -3.58. The second-order valence-electron chi connectivity index (χ2n) is 5.52. The Morgan fingerprint density at radius 2 is 1.95 bits per heavy atom. The van der Waals surface area contributed by atoms with Crippen LogP contribution in [0, 0.1) is 0 Å². The van der Waals surface area contributed by atoms with E-state index in [0.717, 1.165) is 6.42 Å². The first-order valence-electron chi connectivity index (χ1n) is 6.33. The first-order chi connectivity index (χ1) is 8.65. The predicted octanol–water partition coefficient (Wildman–Crippen LogP) is 2.12. The van der Waals surface area contributed by atoms with E-state index in [0.29, 0.717) is 17.9 Å². The third-order valence-corrected chi connectivity index (χ3v) is 4.15. The Morgan fingerprint density at radius 3 is 2.42 bits per heavy atom. The van der Waals surface area contributed by atoms with E-state index in [9.17, 15) is 8.42 Å². The van der Waals surface area contributed by atoms with Crippen molar-refractivity contribution >= 4 is 21.6 Å². The fraction of sp³-hybridized carbons (Fsp3) is 0.538. The van der Waals surface area contributed by atoms with Gasteiger partial charge in [0.15, 0.2) is 0 Å². The quantitative estimate of drug-likeness (QED) is 0.814. The van der Waals surface area contributed by atoms with Crippen molar-refractivity contribution in [2.75, 3.05) is 16.6 Å². The molecule has 0 bridgehead atoms. The number of hydrogen-bond acceptors (Lipinski definition) is 3. The van der Waals surface area contributed by atoms with Gasteiger partial charge in [-0.05, 0) is 45.4 Å². The van der Waals surface area contributed by atoms with Crippen LogP contribution in [0.5, 0.6) is 0 Å². The highest BCUT2D eigenvalue weighted by atomic mass is 32.2. The first kappa shape index (κ1) is 15.8. The molecule has 0 aliphatic rings. The summed E-state index contributed by atoms with van der Waals surface area (Å²) in [5.41, 5.74) is 6.33. The van der Waals surface area contributed by atoms with Crippen molar-refractivity contribution in [1.82, 2.24) is 4.72 Å². The molecule has 108 valence electrons. The standard InChI is InChI=1S/C13H23N3O2S/c1-5-9-16(12-8-6-7-11(14)10-12)19(17,18)15-13(2,3)4/h6-8,10,15H,5,9,14H2,1-4H3. The molecule has 0 atom stereocenters. The highest BCUT2D eigenvalue weighted by Crippen LogP contribution is 2.21. The van der Waals surface area contributed by atoms with Crippen LogP contribution in [0.4, 0.5) is 11.4 Å². The molecule has 1 rings (SSSR count). The third-order valence-electron chi connectivity index (χ3n) is 2.31. The molecule has 0 aromatic heterocycles. The van der Waals surface area contributed by atoms with Gasteiger partial charge in [0.05, 0.1) is 5.69 Å². The molecule has 0 spiro atoms. The highest BCUT2D eigenvalue weighted by Gasteiger charge is 2.26. The summed E-state index contributed by atoms with van der Waals surface area (Å²) in [6.45, 7) is 7.79. The van der Waals surface area contributed by atoms with Gasteiger partial charge < -0.3 is 5.73 Å². The molecule has 1 aromatic carbocycles. The number of benzene rings is 1. The van der Waals surface area contributed by atoms with Crippen molar-refractivity contribution in [2.24, 2.45) is 0 Å². The lowest BCUT2D eigenvalue weighted by Gasteiger charge is -2.29. The lowest BCUT2D eigenvalue weighted by atomic mass is 10.1. The predicted molar refractivity (Wildman–Crippen MR) is 80.3 cm³/mol. The van der Waals surface area contributed by atoms with Gasteiger partial charge in [-0.3, -0.25) is 4.31 Å². The molecule has 0 amide bonds. The van der Waals surface area contributed by atoms with Crippen LogP contribution in [-0.4, -0.2) is 20.5 Å². The van der Waals surface area contributed by atoms with Crippen LogP contribution < -0.4 is 14.8 Å². The van der Waals surface area contributed by atoms with Gasteiger partial charge in [0.2, 0.25) is 0 Å². The van der Waals surface area contributed by atoms with Gasteiger partial charge >= 0.3 is 10.2 Å². The van der Waals surface area contributed by atoms with E-state index >= 15 is 0 Å². The molecule has 5 nitrogen and oxygen atoms in total. The van der Waals surface area contributed by atoms with Crippen LogP contribution in [0.15, 0.2) is 24.3 Å². The molecule has 3 N–H and O–H groups in total. The monoisotopic (exact) mass is 285 g/mol. The number of nitrogens with two attached hydrogens (primary N) is 1. The first-order valence-corrected chi connectivity index (χ1v) is 7.77. The fourth-order valence-corrected chi connectivity index (χ4v) is 3.41. The molecule has 0 unspecified atom stereocenters. The normalized spacial score (nSPS) is 12.4. The zero-order chi connectivity index (χ0) is 14.7. The van der Waals surface area contributed by atoms with Crippen molar-refractivity contribution in [3.63, 3.8) is 0 Å². The molecule has 0 fully saturated rings. The summed E-state index contributed by atoms with van der Waals surface area (Å²) in [6, 6.07) is 6.89. The minimum absolute atomic E-state index is 0.412. The van der Waals surface area contributed by atoms with Gasteiger partial charge in [-0.25, -0.2) is 0 Å². The SMILES string of the molecule is CCCN(c1cccc(N)c1)S(=O)(=O)NC(C)(C)C. The van der Waals surface area contributed by atoms with Gasteiger partial charge in [0, 0.05) is 17.8 Å². The Balaban J connectivity index is 3.14. The lowest BCUT2D eigenvalue weighted by molar-refractivity contribution is 0.488. The van der Waals surface area contributed by atoms with E-state index in [-0.39, 0.29) is 0 Å². The number of nitrogens with zero attached hydrogens (tertiary/aromatic N) is 1. The van der Waals surface area contributed by atoms with E-state index in [1.54, 1.807) is 24.3 Å². The van der Waals surface area contributed by atoms with E-state index in [2.05, 4.69) is 4.72 Å². The molecule has 0 saturated carbocycles. The van der Waals surface area contributed by atoms with Gasteiger partial charge in [0.25, 0.3) is 0 Å². The zero-order valence-corrected chi connectivity index (χ0v) is 12.8. The number of nitrogens with one attached hydrogen (secondary N) is 1. The number of rotatable bonds is 5. The summed E-state index contributed by atoms with van der Waals surface area (Å²) >= 11 is 0. The molecule has 0 saturated heterocycles. The third kappa shape index (κ3) is 4.72. The van der Waals surface area contributed by atoms with Crippen molar-refractivity contribution in [1.29, 1.82) is 0 Å². The minimum Gasteiger partial charge on any atom is -0.399 e. The van der Waals surface area contributed by atoms with Crippen LogP contribution in [0.25, 0.3) is 0 Å². The van der Waals surface area contributed by atoms with E-state index in [4.69, 9.17) is 5.73 Å². The van der Waals surface area contributed by atoms with Crippen LogP contribution in [0.1, 0.15) is 34.1 Å². The van der Waals surface area contributed by atoms with Gasteiger partial charge in [-0.2, -0.15) is 13.1 Å². The molecule has 0 radical (unpaired) electrons. The largest absolute Gasteiger partial charge is 0.399 e. The van der Waals surface area contributed by atoms with Crippen LogP contribution in [-0.2, 0) is 10.2 Å². The maximum Gasteiger partial charge on any atom is 0.302 e. The summed E-state index contributed by atoms with van der Waals surface area (Å²) in [6.07, 6.45) is 0.722. The highest BCUT2D eigenvalue weighted by molar-refractivity contribution is 7.90. The molecule has 0 aliphatic heterocycles. The van der Waals surface area contributed by atoms with Crippen molar-refractivity contribution in [3.8, 4) is 0 Å². The van der Waals surface area contributed by atoms with Crippen molar-refractivity contribution < 1.29 is 8.42 Å². The molecule has 6 heteroatoms. The van der Waals surface area contributed by atoms with Crippen LogP contribution in [0.3, 0.4) is 0 Å². The van der Waals surface area contributed by atoms with Gasteiger partial charge in [0.1, 0.15) is 0 Å². The Morgan fingerprint density at radius 1 is 1.32 bits per heavy atom. The van der Waals surface area contributed by atoms with Crippen molar-refractivity contribution in [3.05, 3.63) is 24.3 Å². The fourth-order valence-electron chi connectivity index (χ4n) is 1.71. The Bertz CT molecular complexity index is 521. The topological polar surface area (TPSA) is 75.4 Å². The Labute approximate surface area is 116 Å². The van der Waals surface area contributed by atoms with E-state index in [1.807, 2.05) is 27.7 Å². The minimum atomic E-state index is -3.58. The lowest BCUT2D eigenvalue weighted by Crippen LogP contribution is -2.49. The average molecular weight is 285 g/mol. The Kier molecular flexibility index (Phi) is 4.81. The smallest absolute Gasteiger partial charge is 0.302 e. The molecular weight excluding hydrogens is 262 g/mol. The molecule has 0 heterocycles. The zero-order valence-electron chi connectivity index (χ0n) is 12.0. The maximum absolute atomic E-state index is 12.4. The summed E-state index contributed by atoms with van der Waals surface area (Å²) in [5, 5.41) is 0. The molecule has 1 aromatic rings. The van der Waals surface area contributed by atoms with Crippen molar-refractivity contribution in [2.45, 2.75) is 39.7 Å². The average Bonchev–Trinajstić information content (AvgIpc) is 2.22. The summed E-state index contributed by atoms with van der Waals surface area (Å²) in [5.74, 6) is 0. The van der Waals surface area contributed by atoms with Crippen LogP contribution in [0.2, 0.25) is 0 Å². The number of anilines is 2. The second kappa shape index (κ2) is 5.79. The molecule has 0 aliphatic carbocycles. The maximum atomic E-state index is 12.4.